The molecule has 3 aliphatic heterocycles. The van der Waals surface area contributed by atoms with Crippen molar-refractivity contribution in [2.45, 2.75) is 59.3 Å². The van der Waals surface area contributed by atoms with Gasteiger partial charge in [-0.3, -0.25) is 0 Å². The number of hydrogen-bond acceptors (Lipinski definition) is 4. The molecule has 56 heavy (non-hydrogen) atoms. The Bertz CT molecular complexity index is 2670. The van der Waals surface area contributed by atoms with Crippen LogP contribution in [0, 0.1) is 6.92 Å². The Balaban J connectivity index is 1.23. The van der Waals surface area contributed by atoms with Crippen LogP contribution in [0.5, 0.6) is 11.5 Å². The molecule has 0 N–H and O–H groups in total. The number of benzene rings is 7. The summed E-state index contributed by atoms with van der Waals surface area (Å²) in [4.78, 5) is 7.27. The van der Waals surface area contributed by atoms with E-state index in [1.807, 2.05) is 0 Å². The lowest BCUT2D eigenvalue weighted by Crippen LogP contribution is -2.61. The number of fused-ring (bicyclic) bond motifs is 8. The number of aryl methyl sites for hydroxylation is 1. The molecule has 0 unspecified atom stereocenters. The molecule has 0 saturated carbocycles. The predicted molar refractivity (Wildman–Crippen MR) is 237 cm³/mol. The van der Waals surface area contributed by atoms with Crippen LogP contribution in [0.2, 0.25) is 0 Å². The number of anilines is 9. The highest BCUT2D eigenvalue weighted by Crippen LogP contribution is 2.51. The molecule has 2 bridgehead atoms. The minimum atomic E-state index is 0.0101. The minimum Gasteiger partial charge on any atom is -0.453 e. The lowest BCUT2D eigenvalue weighted by atomic mass is 9.33. The van der Waals surface area contributed by atoms with Gasteiger partial charge in [0.2, 0.25) is 0 Å². The zero-order chi connectivity index (χ0) is 38.5. The normalized spacial score (nSPS) is 14.0. The highest BCUT2D eigenvalue weighted by atomic mass is 16.5. The maximum absolute atomic E-state index is 7.19. The number of hydrogen-bond donors (Lipinski definition) is 0. The standard InChI is InChI=1S/C51H46BN3O/c1-33-30-44-48-45(31-33)55-39-15-12-14-38(32-39)53(36-26-22-34(23-27-36)50(2,3)4)43-19-10-11-20-46(43)56-47-21-13-17-41(49(47)55)52(48)40-16-8-9-18-42(40)54(44)37-28-24-35(25-29-37)51(5,6)7/h8-32H,1-7H3. The van der Waals surface area contributed by atoms with E-state index >= 15 is 0 Å². The van der Waals surface area contributed by atoms with E-state index in [1.54, 1.807) is 0 Å². The van der Waals surface area contributed by atoms with Gasteiger partial charge < -0.3 is 19.4 Å². The first-order valence-corrected chi connectivity index (χ1v) is 19.8. The van der Waals surface area contributed by atoms with E-state index in [2.05, 4.69) is 215 Å². The van der Waals surface area contributed by atoms with Gasteiger partial charge in [-0.25, -0.2) is 0 Å². The molecular weight excluding hydrogens is 681 g/mol. The van der Waals surface area contributed by atoms with Gasteiger partial charge in [-0.2, -0.15) is 0 Å². The van der Waals surface area contributed by atoms with Crippen molar-refractivity contribution < 1.29 is 4.74 Å². The molecular formula is C51H46BN3O. The smallest absolute Gasteiger partial charge is 0.252 e. The molecule has 0 fully saturated rings. The molecule has 0 spiro atoms. The Morgan fingerprint density at radius 1 is 0.429 bits per heavy atom. The first-order chi connectivity index (χ1) is 27.0. The SMILES string of the molecule is Cc1cc2c3c(c1)N1c4cccc(c4)N(c4ccc(C(C)(C)C)cc4)c4ccccc4Oc4cccc(c41)B3c1ccccc1N2c1ccc(C(C)(C)C)cc1. The van der Waals surface area contributed by atoms with E-state index in [-0.39, 0.29) is 17.5 Å². The maximum Gasteiger partial charge on any atom is 0.252 e. The lowest BCUT2D eigenvalue weighted by Gasteiger charge is -2.45. The van der Waals surface area contributed by atoms with Crippen molar-refractivity contribution in [3.05, 3.63) is 168 Å². The summed E-state index contributed by atoms with van der Waals surface area (Å²) in [7, 11) is 0. The third-order valence-corrected chi connectivity index (χ3v) is 11.8. The second-order valence-electron chi connectivity index (χ2n) is 17.6. The fourth-order valence-electron chi connectivity index (χ4n) is 9.00. The molecule has 0 aliphatic carbocycles. The highest BCUT2D eigenvalue weighted by molar-refractivity contribution is 7.00. The van der Waals surface area contributed by atoms with Crippen molar-refractivity contribution in [3.63, 3.8) is 0 Å². The third kappa shape index (κ3) is 5.36. The summed E-state index contributed by atoms with van der Waals surface area (Å²) in [5.74, 6) is 1.63. The average Bonchev–Trinajstić information content (AvgIpc) is 3.18. The minimum absolute atomic E-state index is 0.0101. The Morgan fingerprint density at radius 2 is 0.946 bits per heavy atom. The van der Waals surface area contributed by atoms with Gasteiger partial charge >= 0.3 is 0 Å². The van der Waals surface area contributed by atoms with Gasteiger partial charge in [0.15, 0.2) is 11.5 Å². The van der Waals surface area contributed by atoms with E-state index in [9.17, 15) is 0 Å². The maximum atomic E-state index is 7.19. The summed E-state index contributed by atoms with van der Waals surface area (Å²) in [6.45, 7) is 15.8. The van der Waals surface area contributed by atoms with Gasteiger partial charge in [-0.05, 0) is 130 Å². The van der Waals surface area contributed by atoms with E-state index < -0.39 is 0 Å². The van der Waals surface area contributed by atoms with Crippen LogP contribution in [0.15, 0.2) is 152 Å². The highest BCUT2D eigenvalue weighted by Gasteiger charge is 2.44. The van der Waals surface area contributed by atoms with Crippen molar-refractivity contribution in [2.75, 3.05) is 14.7 Å². The van der Waals surface area contributed by atoms with Crippen LogP contribution in [0.25, 0.3) is 0 Å². The van der Waals surface area contributed by atoms with Gasteiger partial charge in [0.25, 0.3) is 6.71 Å². The molecule has 3 aliphatic rings. The molecule has 0 aromatic heterocycles. The summed E-state index contributed by atoms with van der Waals surface area (Å²) in [5.41, 5.74) is 17.8. The average molecular weight is 728 g/mol. The number of para-hydroxylation sites is 4. The molecule has 7 aromatic rings. The first kappa shape index (κ1) is 34.3. The predicted octanol–water partition coefficient (Wildman–Crippen LogP) is 12.2. The van der Waals surface area contributed by atoms with Crippen molar-refractivity contribution in [3.8, 4) is 11.5 Å². The number of rotatable bonds is 2. The third-order valence-electron chi connectivity index (χ3n) is 11.8. The topological polar surface area (TPSA) is 19.0 Å². The Morgan fingerprint density at radius 3 is 1.61 bits per heavy atom. The molecule has 4 nitrogen and oxygen atoms in total. The van der Waals surface area contributed by atoms with Gasteiger partial charge in [0.1, 0.15) is 0 Å². The van der Waals surface area contributed by atoms with Crippen molar-refractivity contribution in [2.24, 2.45) is 0 Å². The summed E-state index contributed by atoms with van der Waals surface area (Å²) in [5, 5.41) is 0. The zero-order valence-electron chi connectivity index (χ0n) is 33.3. The molecule has 5 heteroatoms. The van der Waals surface area contributed by atoms with Crippen LogP contribution in [-0.2, 0) is 10.8 Å². The van der Waals surface area contributed by atoms with Gasteiger partial charge in [0, 0.05) is 39.8 Å². The lowest BCUT2D eigenvalue weighted by molar-refractivity contribution is 0.485. The van der Waals surface area contributed by atoms with Crippen LogP contribution < -0.4 is 35.8 Å². The van der Waals surface area contributed by atoms with E-state index in [1.165, 1.54) is 50.1 Å². The van der Waals surface area contributed by atoms with Crippen molar-refractivity contribution >= 4 is 74.3 Å². The van der Waals surface area contributed by atoms with Gasteiger partial charge in [-0.15, -0.1) is 0 Å². The molecule has 3 heterocycles. The van der Waals surface area contributed by atoms with Gasteiger partial charge in [-0.1, -0.05) is 114 Å². The zero-order valence-corrected chi connectivity index (χ0v) is 33.3. The fourth-order valence-corrected chi connectivity index (χ4v) is 9.00. The van der Waals surface area contributed by atoms with E-state index in [0.29, 0.717) is 0 Å². The molecule has 0 radical (unpaired) electrons. The summed E-state index contributed by atoms with van der Waals surface area (Å²) < 4.78 is 7.19. The van der Waals surface area contributed by atoms with Gasteiger partial charge in [0.05, 0.1) is 11.4 Å². The Hall–Kier alpha value is -6.20. The van der Waals surface area contributed by atoms with Crippen LogP contribution in [-0.4, -0.2) is 6.71 Å². The molecule has 0 amide bonds. The Kier molecular flexibility index (Phi) is 7.60. The van der Waals surface area contributed by atoms with Crippen LogP contribution in [0.4, 0.5) is 51.2 Å². The second kappa shape index (κ2) is 12.4. The summed E-state index contributed by atoms with van der Waals surface area (Å²) in [6.07, 6.45) is 0. The van der Waals surface area contributed by atoms with Crippen LogP contribution in [0.1, 0.15) is 58.2 Å². The number of ether oxygens (including phenoxy) is 1. The molecule has 7 aromatic carbocycles. The van der Waals surface area contributed by atoms with Crippen LogP contribution in [0.3, 0.4) is 0 Å². The second-order valence-corrected chi connectivity index (χ2v) is 17.6. The largest absolute Gasteiger partial charge is 0.453 e. The molecule has 274 valence electrons. The van der Waals surface area contributed by atoms with E-state index in [0.717, 1.165) is 45.6 Å². The fraction of sp³-hybridized carbons (Fsp3) is 0.176. The molecule has 10 rings (SSSR count). The first-order valence-electron chi connectivity index (χ1n) is 19.8. The van der Waals surface area contributed by atoms with Crippen molar-refractivity contribution in [1.82, 2.24) is 0 Å². The van der Waals surface area contributed by atoms with E-state index in [4.69, 9.17) is 4.74 Å². The molecule has 0 saturated heterocycles. The Labute approximate surface area is 331 Å². The summed E-state index contributed by atoms with van der Waals surface area (Å²) in [6, 6.07) is 55.9. The van der Waals surface area contributed by atoms with Crippen LogP contribution >= 0.6 is 0 Å². The quantitative estimate of drug-likeness (QED) is 0.165. The summed E-state index contributed by atoms with van der Waals surface area (Å²) >= 11 is 0. The monoisotopic (exact) mass is 727 g/mol. The molecule has 0 atom stereocenters. The van der Waals surface area contributed by atoms with Crippen molar-refractivity contribution in [1.29, 1.82) is 0 Å². The number of nitrogens with zero attached hydrogens (tertiary/aromatic N) is 3.